The van der Waals surface area contributed by atoms with E-state index in [4.69, 9.17) is 9.47 Å². The van der Waals surface area contributed by atoms with Crippen molar-refractivity contribution in [1.29, 1.82) is 0 Å². The highest BCUT2D eigenvalue weighted by atomic mass is 16.7. The van der Waals surface area contributed by atoms with Crippen LogP contribution in [0.1, 0.15) is 6.92 Å². The van der Waals surface area contributed by atoms with Crippen LogP contribution in [-0.4, -0.2) is 12.8 Å². The molecule has 3 aromatic rings. The first kappa shape index (κ1) is 12.5. The number of hydrogen-bond donors (Lipinski definition) is 0. The van der Waals surface area contributed by atoms with Gasteiger partial charge in [0.05, 0.1) is 0 Å². The van der Waals surface area contributed by atoms with Gasteiger partial charge in [-0.2, -0.15) is 0 Å². The first-order chi connectivity index (χ1) is 9.75. The number of carbonyl (C=O) groups is 1. The highest BCUT2D eigenvalue weighted by molar-refractivity contribution is 6.09. The van der Waals surface area contributed by atoms with Crippen molar-refractivity contribution in [3.8, 4) is 5.75 Å². The zero-order valence-electron chi connectivity index (χ0n) is 11.1. The van der Waals surface area contributed by atoms with Gasteiger partial charge in [-0.05, 0) is 22.2 Å². The molecule has 3 rings (SSSR count). The van der Waals surface area contributed by atoms with Crippen molar-refractivity contribution in [2.75, 3.05) is 6.79 Å². The van der Waals surface area contributed by atoms with Crippen LogP contribution < -0.4 is 4.74 Å². The van der Waals surface area contributed by atoms with E-state index in [2.05, 4.69) is 24.3 Å². The Morgan fingerprint density at radius 2 is 1.70 bits per heavy atom. The molecule has 0 saturated carbocycles. The highest BCUT2D eigenvalue weighted by Gasteiger charge is 2.05. The average molecular weight is 266 g/mol. The minimum Gasteiger partial charge on any atom is -0.457 e. The van der Waals surface area contributed by atoms with Gasteiger partial charge in [0.2, 0.25) is 6.79 Å². The smallest absolute Gasteiger partial charge is 0.305 e. The molecule has 0 N–H and O–H groups in total. The third-order valence-electron chi connectivity index (χ3n) is 3.22. The maximum atomic E-state index is 10.8. The molecule has 0 aliphatic heterocycles. The van der Waals surface area contributed by atoms with E-state index in [0.29, 0.717) is 0 Å². The lowest BCUT2D eigenvalue weighted by Crippen LogP contribution is -2.06. The molecule has 0 heterocycles. The fourth-order valence-electron chi connectivity index (χ4n) is 2.31. The fourth-order valence-corrected chi connectivity index (χ4v) is 2.31. The molecule has 3 aromatic carbocycles. The summed E-state index contributed by atoms with van der Waals surface area (Å²) < 4.78 is 10.4. The SMILES string of the molecule is CC(=O)OCOc1cccc2c1ccc1ccccc12. The van der Waals surface area contributed by atoms with Crippen molar-refractivity contribution in [3.05, 3.63) is 54.6 Å². The topological polar surface area (TPSA) is 35.5 Å². The van der Waals surface area contributed by atoms with Crippen molar-refractivity contribution in [2.45, 2.75) is 6.92 Å². The molecule has 3 nitrogen and oxygen atoms in total. The van der Waals surface area contributed by atoms with Gasteiger partial charge in [0.1, 0.15) is 5.75 Å². The summed E-state index contributed by atoms with van der Waals surface area (Å²) in [6.45, 7) is 1.29. The molecule has 0 amide bonds. The molecule has 0 aliphatic carbocycles. The summed E-state index contributed by atoms with van der Waals surface area (Å²) in [6, 6.07) is 18.2. The normalized spacial score (nSPS) is 10.7. The van der Waals surface area contributed by atoms with E-state index in [9.17, 15) is 4.79 Å². The molecule has 0 bridgehead atoms. The maximum absolute atomic E-state index is 10.8. The summed E-state index contributed by atoms with van der Waals surface area (Å²) in [7, 11) is 0. The molecule has 0 spiro atoms. The van der Waals surface area contributed by atoms with Crippen molar-refractivity contribution < 1.29 is 14.3 Å². The number of carbonyl (C=O) groups excluding carboxylic acids is 1. The summed E-state index contributed by atoms with van der Waals surface area (Å²) in [5, 5.41) is 4.52. The van der Waals surface area contributed by atoms with E-state index in [1.807, 2.05) is 30.3 Å². The van der Waals surface area contributed by atoms with Crippen LogP contribution in [0.2, 0.25) is 0 Å². The molecule has 0 saturated heterocycles. The summed E-state index contributed by atoms with van der Waals surface area (Å²) in [5.41, 5.74) is 0. The van der Waals surface area contributed by atoms with Gasteiger partial charge in [0.25, 0.3) is 0 Å². The molecular weight excluding hydrogens is 252 g/mol. The second kappa shape index (κ2) is 5.21. The van der Waals surface area contributed by atoms with Crippen LogP contribution in [0.15, 0.2) is 54.6 Å². The third-order valence-corrected chi connectivity index (χ3v) is 3.22. The molecule has 0 unspecified atom stereocenters. The standard InChI is InChI=1S/C17H14O3/c1-12(18)19-11-20-17-8-4-7-15-14-6-3-2-5-13(14)9-10-16(15)17/h2-10H,11H2,1H3. The van der Waals surface area contributed by atoms with Crippen molar-refractivity contribution in [2.24, 2.45) is 0 Å². The molecule has 0 fully saturated rings. The number of fused-ring (bicyclic) bond motifs is 3. The second-order valence-corrected chi connectivity index (χ2v) is 4.54. The highest BCUT2D eigenvalue weighted by Crippen LogP contribution is 2.31. The molecule has 0 radical (unpaired) electrons. The number of ether oxygens (including phenoxy) is 2. The fraction of sp³-hybridized carbons (Fsp3) is 0.118. The summed E-state index contributed by atoms with van der Waals surface area (Å²) in [4.78, 5) is 10.8. The molecule has 0 aromatic heterocycles. The van der Waals surface area contributed by atoms with Crippen molar-refractivity contribution in [1.82, 2.24) is 0 Å². The van der Waals surface area contributed by atoms with Gasteiger partial charge in [-0.25, -0.2) is 0 Å². The average Bonchev–Trinajstić information content (AvgIpc) is 2.47. The molecule has 20 heavy (non-hydrogen) atoms. The Balaban J connectivity index is 2.06. The minimum atomic E-state index is -0.351. The van der Waals surface area contributed by atoms with Crippen LogP contribution in [-0.2, 0) is 9.53 Å². The number of benzene rings is 3. The van der Waals surface area contributed by atoms with Crippen LogP contribution in [0.3, 0.4) is 0 Å². The molecular formula is C17H14O3. The number of hydrogen-bond acceptors (Lipinski definition) is 3. The van der Waals surface area contributed by atoms with Crippen LogP contribution >= 0.6 is 0 Å². The van der Waals surface area contributed by atoms with Gasteiger partial charge >= 0.3 is 5.97 Å². The van der Waals surface area contributed by atoms with E-state index in [0.717, 1.165) is 16.5 Å². The Kier molecular flexibility index (Phi) is 3.25. The Morgan fingerprint density at radius 3 is 2.55 bits per heavy atom. The van der Waals surface area contributed by atoms with Gasteiger partial charge < -0.3 is 9.47 Å². The largest absolute Gasteiger partial charge is 0.457 e. The predicted octanol–water partition coefficient (Wildman–Crippen LogP) is 3.89. The lowest BCUT2D eigenvalue weighted by Gasteiger charge is -2.10. The maximum Gasteiger partial charge on any atom is 0.305 e. The van der Waals surface area contributed by atoms with Gasteiger partial charge in [-0.3, -0.25) is 4.79 Å². The summed E-state index contributed by atoms with van der Waals surface area (Å²) in [5.74, 6) is 0.366. The van der Waals surface area contributed by atoms with Crippen molar-refractivity contribution in [3.63, 3.8) is 0 Å². The van der Waals surface area contributed by atoms with E-state index in [1.54, 1.807) is 0 Å². The molecule has 100 valence electrons. The van der Waals surface area contributed by atoms with Gasteiger partial charge in [0, 0.05) is 12.3 Å². The predicted molar refractivity (Wildman–Crippen MR) is 78.7 cm³/mol. The first-order valence-corrected chi connectivity index (χ1v) is 6.42. The Morgan fingerprint density at radius 1 is 0.900 bits per heavy atom. The second-order valence-electron chi connectivity index (χ2n) is 4.54. The summed E-state index contributed by atoms with van der Waals surface area (Å²) in [6.07, 6.45) is 0. The molecule has 3 heteroatoms. The zero-order valence-corrected chi connectivity index (χ0v) is 11.1. The van der Waals surface area contributed by atoms with Crippen LogP contribution in [0.4, 0.5) is 0 Å². The Hall–Kier alpha value is -2.55. The number of rotatable bonds is 3. The zero-order chi connectivity index (χ0) is 13.9. The quantitative estimate of drug-likeness (QED) is 0.410. The number of esters is 1. The Labute approximate surface area is 116 Å². The van der Waals surface area contributed by atoms with Crippen LogP contribution in [0, 0.1) is 0 Å². The lowest BCUT2D eigenvalue weighted by molar-refractivity contribution is -0.147. The van der Waals surface area contributed by atoms with Crippen LogP contribution in [0.25, 0.3) is 21.5 Å². The van der Waals surface area contributed by atoms with E-state index >= 15 is 0 Å². The summed E-state index contributed by atoms with van der Waals surface area (Å²) >= 11 is 0. The monoisotopic (exact) mass is 266 g/mol. The van der Waals surface area contributed by atoms with E-state index < -0.39 is 0 Å². The Bertz CT molecular complexity index is 777. The third kappa shape index (κ3) is 2.30. The lowest BCUT2D eigenvalue weighted by atomic mass is 10.0. The van der Waals surface area contributed by atoms with E-state index in [1.165, 1.54) is 17.7 Å². The van der Waals surface area contributed by atoms with Gasteiger partial charge in [-0.15, -0.1) is 0 Å². The molecule has 0 aliphatic rings. The minimum absolute atomic E-state index is 0.0682. The van der Waals surface area contributed by atoms with Crippen molar-refractivity contribution >= 4 is 27.5 Å². The van der Waals surface area contributed by atoms with E-state index in [-0.39, 0.29) is 12.8 Å². The van der Waals surface area contributed by atoms with Gasteiger partial charge in [-0.1, -0.05) is 48.5 Å². The molecule has 0 atom stereocenters. The first-order valence-electron chi connectivity index (χ1n) is 6.42. The van der Waals surface area contributed by atoms with Crippen LogP contribution in [0.5, 0.6) is 5.75 Å². The van der Waals surface area contributed by atoms with Gasteiger partial charge in [0.15, 0.2) is 0 Å².